The monoisotopic (exact) mass is 447 g/mol. The number of halogens is 1. The molecule has 1 aliphatic heterocycles. The van der Waals surface area contributed by atoms with Gasteiger partial charge in [0.05, 0.1) is 11.7 Å². The molecule has 0 radical (unpaired) electrons. The number of ether oxygens (including phenoxy) is 1. The summed E-state index contributed by atoms with van der Waals surface area (Å²) >= 11 is 0. The lowest BCUT2D eigenvalue weighted by atomic mass is 10.0. The van der Waals surface area contributed by atoms with E-state index in [4.69, 9.17) is 4.74 Å². The summed E-state index contributed by atoms with van der Waals surface area (Å²) in [7, 11) is 0. The maximum absolute atomic E-state index is 13.2. The van der Waals surface area contributed by atoms with Crippen LogP contribution >= 0.6 is 0 Å². The molecule has 1 aromatic heterocycles. The van der Waals surface area contributed by atoms with Crippen molar-refractivity contribution in [2.45, 2.75) is 44.9 Å². The molecule has 0 spiro atoms. The maximum atomic E-state index is 13.2. The van der Waals surface area contributed by atoms with E-state index < -0.39 is 0 Å². The second-order valence-electron chi connectivity index (χ2n) is 8.42. The maximum Gasteiger partial charge on any atom is 0.251 e. The van der Waals surface area contributed by atoms with E-state index in [9.17, 15) is 9.18 Å². The number of rotatable bonds is 8. The zero-order chi connectivity index (χ0) is 23.0. The fraction of sp³-hybridized carbons (Fsp3) is 0.333. The van der Waals surface area contributed by atoms with Crippen molar-refractivity contribution in [2.75, 3.05) is 13.1 Å². The predicted octanol–water partition coefficient (Wildman–Crippen LogP) is 5.15. The SMILES string of the molecule is CC[C@H](NC(=O)c1ccc(OC2CCN(Cc3ccccn3)CC2)cc1)c1ccc(F)cc1. The van der Waals surface area contributed by atoms with Crippen molar-refractivity contribution >= 4 is 5.91 Å². The van der Waals surface area contributed by atoms with Gasteiger partial charge in [-0.25, -0.2) is 4.39 Å². The zero-order valence-electron chi connectivity index (χ0n) is 18.9. The highest BCUT2D eigenvalue weighted by molar-refractivity contribution is 5.94. The zero-order valence-corrected chi connectivity index (χ0v) is 18.9. The van der Waals surface area contributed by atoms with Crippen molar-refractivity contribution in [1.29, 1.82) is 0 Å². The van der Waals surface area contributed by atoms with Crippen LogP contribution in [0.2, 0.25) is 0 Å². The summed E-state index contributed by atoms with van der Waals surface area (Å²) in [4.78, 5) is 19.5. The molecule has 1 amide bonds. The number of likely N-dealkylation sites (tertiary alicyclic amines) is 1. The van der Waals surface area contributed by atoms with Gasteiger partial charge in [-0.3, -0.25) is 14.7 Å². The number of carbonyl (C=O) groups is 1. The predicted molar refractivity (Wildman–Crippen MR) is 127 cm³/mol. The van der Waals surface area contributed by atoms with Crippen molar-refractivity contribution in [3.05, 3.63) is 95.6 Å². The van der Waals surface area contributed by atoms with Gasteiger partial charge >= 0.3 is 0 Å². The first kappa shape index (κ1) is 22.9. The lowest BCUT2D eigenvalue weighted by Crippen LogP contribution is -2.37. The Morgan fingerprint density at radius 2 is 1.82 bits per heavy atom. The summed E-state index contributed by atoms with van der Waals surface area (Å²) in [5, 5.41) is 3.03. The number of piperidine rings is 1. The standard InChI is InChI=1S/C27H30FN3O2/c1-2-26(20-6-10-22(28)11-7-20)30-27(32)21-8-12-24(13-9-21)33-25-14-17-31(18-15-25)19-23-5-3-4-16-29-23/h3-13,16,25-26H,2,14-15,17-19H2,1H3,(H,30,32)/t26-/m0/s1. The molecule has 3 aromatic rings. The van der Waals surface area contributed by atoms with Gasteiger partial charge in [-0.05, 0) is 73.4 Å². The van der Waals surface area contributed by atoms with E-state index in [0.29, 0.717) is 5.56 Å². The van der Waals surface area contributed by atoms with Crippen molar-refractivity contribution in [2.24, 2.45) is 0 Å². The first-order chi connectivity index (χ1) is 16.1. The lowest BCUT2D eigenvalue weighted by Gasteiger charge is -2.31. The number of aromatic nitrogens is 1. The molecule has 6 heteroatoms. The molecule has 1 saturated heterocycles. The Bertz CT molecular complexity index is 1020. The van der Waals surface area contributed by atoms with Crippen LogP contribution in [0.3, 0.4) is 0 Å². The highest BCUT2D eigenvalue weighted by Crippen LogP contribution is 2.22. The molecule has 0 aliphatic carbocycles. The van der Waals surface area contributed by atoms with E-state index in [0.717, 1.165) is 55.9 Å². The molecule has 1 N–H and O–H groups in total. The van der Waals surface area contributed by atoms with E-state index in [1.54, 1.807) is 24.3 Å². The van der Waals surface area contributed by atoms with E-state index in [-0.39, 0.29) is 23.9 Å². The van der Waals surface area contributed by atoms with Gasteiger partial charge in [0.15, 0.2) is 0 Å². The van der Waals surface area contributed by atoms with Crippen LogP contribution in [-0.2, 0) is 6.54 Å². The Labute approximate surface area is 194 Å². The Balaban J connectivity index is 1.26. The van der Waals surface area contributed by atoms with E-state index >= 15 is 0 Å². The quantitative estimate of drug-likeness (QED) is 0.519. The second kappa shape index (κ2) is 11.1. The van der Waals surface area contributed by atoms with Crippen LogP contribution in [0, 0.1) is 5.82 Å². The molecule has 2 aromatic carbocycles. The van der Waals surface area contributed by atoms with E-state index in [2.05, 4.69) is 21.3 Å². The molecule has 4 rings (SSSR count). The molecule has 1 atom stereocenters. The van der Waals surface area contributed by atoms with Crippen LogP contribution in [0.4, 0.5) is 4.39 Å². The smallest absolute Gasteiger partial charge is 0.251 e. The molecular formula is C27H30FN3O2. The van der Waals surface area contributed by atoms with Gasteiger partial charge in [-0.1, -0.05) is 25.1 Å². The average molecular weight is 448 g/mol. The molecular weight excluding hydrogens is 417 g/mol. The van der Waals surface area contributed by atoms with Crippen LogP contribution in [0.15, 0.2) is 72.9 Å². The van der Waals surface area contributed by atoms with Gasteiger partial charge < -0.3 is 10.1 Å². The number of hydrogen-bond acceptors (Lipinski definition) is 4. The summed E-state index contributed by atoms with van der Waals surface area (Å²) in [5.41, 5.74) is 2.56. The van der Waals surface area contributed by atoms with E-state index in [1.165, 1.54) is 12.1 Å². The molecule has 1 aliphatic rings. The largest absolute Gasteiger partial charge is 0.490 e. The topological polar surface area (TPSA) is 54.5 Å². The summed E-state index contributed by atoms with van der Waals surface area (Å²) in [6.07, 6.45) is 4.65. The number of amides is 1. The first-order valence-electron chi connectivity index (χ1n) is 11.6. The summed E-state index contributed by atoms with van der Waals surface area (Å²) in [6, 6.07) is 19.4. The third kappa shape index (κ3) is 6.39. The lowest BCUT2D eigenvalue weighted by molar-refractivity contribution is 0.0933. The first-order valence-corrected chi connectivity index (χ1v) is 11.6. The van der Waals surface area contributed by atoms with Crippen LogP contribution in [0.5, 0.6) is 5.75 Å². The molecule has 0 unspecified atom stereocenters. The Kier molecular flexibility index (Phi) is 7.68. The molecule has 0 bridgehead atoms. The number of pyridine rings is 1. The van der Waals surface area contributed by atoms with Gasteiger partial charge in [-0.15, -0.1) is 0 Å². The van der Waals surface area contributed by atoms with E-state index in [1.807, 2.05) is 37.4 Å². The molecule has 33 heavy (non-hydrogen) atoms. The number of benzene rings is 2. The minimum atomic E-state index is -0.283. The highest BCUT2D eigenvalue weighted by Gasteiger charge is 2.21. The number of hydrogen-bond donors (Lipinski definition) is 1. The number of nitrogens with one attached hydrogen (secondary N) is 1. The second-order valence-corrected chi connectivity index (χ2v) is 8.42. The van der Waals surface area contributed by atoms with Crippen molar-refractivity contribution in [3.63, 3.8) is 0 Å². The third-order valence-electron chi connectivity index (χ3n) is 6.05. The molecule has 1 fully saturated rings. The van der Waals surface area contributed by atoms with Crippen LogP contribution in [-0.4, -0.2) is 35.0 Å². The normalized spacial score (nSPS) is 15.7. The molecule has 2 heterocycles. The number of nitrogens with zero attached hydrogens (tertiary/aromatic N) is 2. The van der Waals surface area contributed by atoms with Gasteiger partial charge in [0, 0.05) is 31.4 Å². The Morgan fingerprint density at radius 1 is 1.09 bits per heavy atom. The molecule has 172 valence electrons. The fourth-order valence-electron chi connectivity index (χ4n) is 4.14. The minimum absolute atomic E-state index is 0.152. The van der Waals surface area contributed by atoms with Crippen molar-refractivity contribution in [3.8, 4) is 5.75 Å². The van der Waals surface area contributed by atoms with Crippen LogP contribution in [0.1, 0.15) is 53.8 Å². The average Bonchev–Trinajstić information content (AvgIpc) is 2.85. The molecule has 0 saturated carbocycles. The summed E-state index contributed by atoms with van der Waals surface area (Å²) in [5.74, 6) is 0.343. The number of carbonyl (C=O) groups excluding carboxylic acids is 1. The van der Waals surface area contributed by atoms with Gasteiger partial charge in [-0.2, -0.15) is 0 Å². The minimum Gasteiger partial charge on any atom is -0.490 e. The fourth-order valence-corrected chi connectivity index (χ4v) is 4.14. The van der Waals surface area contributed by atoms with Crippen LogP contribution in [0.25, 0.3) is 0 Å². The van der Waals surface area contributed by atoms with Crippen LogP contribution < -0.4 is 10.1 Å². The van der Waals surface area contributed by atoms with Gasteiger partial charge in [0.25, 0.3) is 5.91 Å². The highest BCUT2D eigenvalue weighted by atomic mass is 19.1. The van der Waals surface area contributed by atoms with Gasteiger partial charge in [0.1, 0.15) is 17.7 Å². The molecule has 5 nitrogen and oxygen atoms in total. The summed E-state index contributed by atoms with van der Waals surface area (Å²) < 4.78 is 19.4. The van der Waals surface area contributed by atoms with Crippen molar-refractivity contribution in [1.82, 2.24) is 15.2 Å². The van der Waals surface area contributed by atoms with Crippen molar-refractivity contribution < 1.29 is 13.9 Å². The Hall–Kier alpha value is -3.25. The Morgan fingerprint density at radius 3 is 2.45 bits per heavy atom. The summed E-state index contributed by atoms with van der Waals surface area (Å²) in [6.45, 7) is 4.81. The van der Waals surface area contributed by atoms with Gasteiger partial charge in [0.2, 0.25) is 0 Å². The third-order valence-corrected chi connectivity index (χ3v) is 6.05.